The minimum atomic E-state index is 0.217. The molecule has 0 unspecified atom stereocenters. The average molecular weight is 390 g/mol. The van der Waals surface area contributed by atoms with Crippen molar-refractivity contribution in [1.82, 2.24) is 24.3 Å². The Bertz CT molecular complexity index is 1110. The molecule has 0 bridgehead atoms. The van der Waals surface area contributed by atoms with Gasteiger partial charge in [0.25, 0.3) is 0 Å². The fraction of sp³-hybridized carbons (Fsp3) is 0.429. The largest absolute Gasteiger partial charge is 0.494 e. The fourth-order valence-corrected chi connectivity index (χ4v) is 4.40. The van der Waals surface area contributed by atoms with Crippen molar-refractivity contribution in [2.75, 3.05) is 20.2 Å². The van der Waals surface area contributed by atoms with Crippen molar-refractivity contribution in [3.05, 3.63) is 36.4 Å². The van der Waals surface area contributed by atoms with E-state index < -0.39 is 0 Å². The smallest absolute Gasteiger partial charge is 0.225 e. The Balaban J connectivity index is 1.34. The lowest BCUT2D eigenvalue weighted by molar-refractivity contribution is -0.141. The molecule has 2 fully saturated rings. The fourth-order valence-electron chi connectivity index (χ4n) is 4.40. The van der Waals surface area contributed by atoms with E-state index in [1.54, 1.807) is 11.6 Å². The van der Waals surface area contributed by atoms with Gasteiger partial charge in [-0.05, 0) is 18.9 Å². The minimum absolute atomic E-state index is 0.217. The highest BCUT2D eigenvalue weighted by Gasteiger charge is 2.36. The van der Waals surface area contributed by atoms with Gasteiger partial charge in [0.05, 0.1) is 25.5 Å². The lowest BCUT2D eigenvalue weighted by atomic mass is 10.0. The van der Waals surface area contributed by atoms with E-state index in [9.17, 15) is 10.1 Å². The number of fused-ring (bicyclic) bond motifs is 1. The third-order valence-corrected chi connectivity index (χ3v) is 6.10. The summed E-state index contributed by atoms with van der Waals surface area (Å²) in [6.45, 7) is 1.45. The summed E-state index contributed by atoms with van der Waals surface area (Å²) in [5.74, 6) is 1.14. The maximum Gasteiger partial charge on any atom is 0.225 e. The lowest BCUT2D eigenvalue weighted by Crippen LogP contribution is -2.52. The zero-order valence-electron chi connectivity index (χ0n) is 16.3. The molecule has 1 saturated heterocycles. The van der Waals surface area contributed by atoms with Gasteiger partial charge in [0.2, 0.25) is 5.91 Å². The average Bonchev–Trinajstić information content (AvgIpc) is 3.45. The van der Waals surface area contributed by atoms with E-state index in [2.05, 4.69) is 16.3 Å². The maximum absolute atomic E-state index is 12.5. The minimum Gasteiger partial charge on any atom is -0.494 e. The van der Waals surface area contributed by atoms with Crippen LogP contribution in [0.15, 0.2) is 30.9 Å². The first kappa shape index (κ1) is 17.7. The third kappa shape index (κ3) is 2.94. The van der Waals surface area contributed by atoms with Gasteiger partial charge in [-0.2, -0.15) is 15.5 Å². The molecule has 4 heterocycles. The molecule has 0 radical (unpaired) electrons. The van der Waals surface area contributed by atoms with Crippen molar-refractivity contribution in [2.24, 2.45) is 5.92 Å². The molecule has 0 N–H and O–H groups in total. The van der Waals surface area contributed by atoms with Gasteiger partial charge in [-0.3, -0.25) is 9.48 Å². The van der Waals surface area contributed by atoms with Crippen LogP contribution in [0.3, 0.4) is 0 Å². The van der Waals surface area contributed by atoms with Crippen LogP contribution in [-0.2, 0) is 4.79 Å². The van der Waals surface area contributed by atoms with Crippen LogP contribution in [0.4, 0.5) is 0 Å². The number of hydrogen-bond acceptors (Lipinski definition) is 5. The number of carbonyl (C=O) groups is 1. The van der Waals surface area contributed by atoms with E-state index in [1.807, 2.05) is 34.2 Å². The molecular formula is C21H22N6O2. The number of rotatable bonds is 4. The predicted octanol–water partition coefficient (Wildman–Crippen LogP) is 2.65. The van der Waals surface area contributed by atoms with E-state index in [-0.39, 0.29) is 12.0 Å². The first-order valence-electron chi connectivity index (χ1n) is 9.96. The SMILES string of the molecule is COc1cc(-c2cnn(C3CN(C(=O)C4CCCC4)C3)c2)cn2ncc(C#N)c12. The van der Waals surface area contributed by atoms with Crippen molar-refractivity contribution in [3.8, 4) is 22.9 Å². The van der Waals surface area contributed by atoms with Crippen molar-refractivity contribution >= 4 is 11.4 Å². The van der Waals surface area contributed by atoms with Crippen molar-refractivity contribution < 1.29 is 9.53 Å². The number of likely N-dealkylation sites (tertiary alicyclic amines) is 1. The number of hydrogen-bond donors (Lipinski definition) is 0. The molecule has 3 aromatic rings. The Morgan fingerprint density at radius 3 is 2.69 bits per heavy atom. The van der Waals surface area contributed by atoms with Crippen molar-refractivity contribution in [2.45, 2.75) is 31.7 Å². The summed E-state index contributed by atoms with van der Waals surface area (Å²) in [6, 6.07) is 4.26. The Kier molecular flexibility index (Phi) is 4.23. The number of nitriles is 1. The molecule has 3 aromatic heterocycles. The highest BCUT2D eigenvalue weighted by molar-refractivity contribution is 5.80. The number of pyridine rings is 1. The molecule has 8 nitrogen and oxygen atoms in total. The van der Waals surface area contributed by atoms with Gasteiger partial charge in [0, 0.05) is 42.5 Å². The van der Waals surface area contributed by atoms with Gasteiger partial charge in [-0.1, -0.05) is 12.8 Å². The van der Waals surface area contributed by atoms with Crippen LogP contribution in [0.25, 0.3) is 16.6 Å². The molecule has 1 aliphatic carbocycles. The molecule has 0 spiro atoms. The first-order chi connectivity index (χ1) is 14.2. The molecule has 29 heavy (non-hydrogen) atoms. The molecule has 148 valence electrons. The van der Waals surface area contributed by atoms with Crippen LogP contribution >= 0.6 is 0 Å². The van der Waals surface area contributed by atoms with Gasteiger partial charge in [0.1, 0.15) is 22.9 Å². The highest BCUT2D eigenvalue weighted by atomic mass is 16.5. The normalized spacial score (nSPS) is 17.4. The molecule has 0 atom stereocenters. The summed E-state index contributed by atoms with van der Waals surface area (Å²) in [4.78, 5) is 14.5. The number of methoxy groups -OCH3 is 1. The van der Waals surface area contributed by atoms with Crippen molar-refractivity contribution in [3.63, 3.8) is 0 Å². The van der Waals surface area contributed by atoms with Gasteiger partial charge in [-0.25, -0.2) is 4.52 Å². The van der Waals surface area contributed by atoms with E-state index in [1.165, 1.54) is 19.0 Å². The molecular weight excluding hydrogens is 368 g/mol. The molecule has 8 heteroatoms. The Hall–Kier alpha value is -3.34. The van der Waals surface area contributed by atoms with Gasteiger partial charge in [-0.15, -0.1) is 0 Å². The topological polar surface area (TPSA) is 88.4 Å². The third-order valence-electron chi connectivity index (χ3n) is 6.10. The predicted molar refractivity (Wildman–Crippen MR) is 105 cm³/mol. The second-order valence-electron chi connectivity index (χ2n) is 7.85. The molecule has 1 saturated carbocycles. The van der Waals surface area contributed by atoms with E-state index >= 15 is 0 Å². The maximum atomic E-state index is 12.5. The van der Waals surface area contributed by atoms with E-state index in [0.717, 1.165) is 37.1 Å². The number of nitrogens with zero attached hydrogens (tertiary/aromatic N) is 6. The number of ether oxygens (including phenoxy) is 1. The number of aromatic nitrogens is 4. The van der Waals surface area contributed by atoms with Crippen LogP contribution in [0.2, 0.25) is 0 Å². The summed E-state index contributed by atoms with van der Waals surface area (Å²) in [6.07, 6.45) is 11.7. The Morgan fingerprint density at radius 2 is 1.97 bits per heavy atom. The second-order valence-corrected chi connectivity index (χ2v) is 7.85. The van der Waals surface area contributed by atoms with Crippen LogP contribution in [-0.4, -0.2) is 50.4 Å². The Morgan fingerprint density at radius 1 is 1.17 bits per heavy atom. The number of carbonyl (C=O) groups excluding carboxylic acids is 1. The first-order valence-corrected chi connectivity index (χ1v) is 9.96. The lowest BCUT2D eigenvalue weighted by Gasteiger charge is -2.40. The van der Waals surface area contributed by atoms with Crippen LogP contribution in [0, 0.1) is 17.2 Å². The highest BCUT2D eigenvalue weighted by Crippen LogP contribution is 2.32. The monoisotopic (exact) mass is 390 g/mol. The summed E-state index contributed by atoms with van der Waals surface area (Å²) in [5, 5.41) is 18.0. The Labute approximate surface area is 168 Å². The van der Waals surface area contributed by atoms with Crippen LogP contribution < -0.4 is 4.74 Å². The zero-order valence-corrected chi connectivity index (χ0v) is 16.3. The molecule has 1 aliphatic heterocycles. The summed E-state index contributed by atoms with van der Waals surface area (Å²) in [5.41, 5.74) is 2.99. The van der Waals surface area contributed by atoms with E-state index in [4.69, 9.17) is 4.74 Å². The van der Waals surface area contributed by atoms with Gasteiger partial charge < -0.3 is 9.64 Å². The van der Waals surface area contributed by atoms with Crippen LogP contribution in [0.5, 0.6) is 5.75 Å². The quantitative estimate of drug-likeness (QED) is 0.683. The van der Waals surface area contributed by atoms with Crippen molar-refractivity contribution in [1.29, 1.82) is 5.26 Å². The van der Waals surface area contributed by atoms with Crippen LogP contribution in [0.1, 0.15) is 37.3 Å². The molecule has 1 amide bonds. The second kappa shape index (κ2) is 6.92. The standard InChI is InChI=1S/C21H22N6O2/c1-29-19-6-15(10-27-20(19)16(7-22)8-24-27)17-9-23-26(11-17)18-12-25(13-18)21(28)14-4-2-3-5-14/h6,8-11,14,18H,2-5,12-13H2,1H3. The molecule has 2 aliphatic rings. The summed E-state index contributed by atoms with van der Waals surface area (Å²) in [7, 11) is 1.58. The molecule has 0 aromatic carbocycles. The molecule has 5 rings (SSSR count). The number of amides is 1. The van der Waals surface area contributed by atoms with Gasteiger partial charge >= 0.3 is 0 Å². The summed E-state index contributed by atoms with van der Waals surface area (Å²) >= 11 is 0. The zero-order chi connectivity index (χ0) is 20.0. The van der Waals surface area contributed by atoms with Gasteiger partial charge in [0.15, 0.2) is 0 Å². The summed E-state index contributed by atoms with van der Waals surface area (Å²) < 4.78 is 9.08. The van der Waals surface area contributed by atoms with E-state index in [0.29, 0.717) is 22.7 Å².